The van der Waals surface area contributed by atoms with Crippen LogP contribution in [0.4, 0.5) is 5.69 Å². The zero-order valence-corrected chi connectivity index (χ0v) is 12.4. The molecule has 0 saturated heterocycles. The lowest BCUT2D eigenvalue weighted by Gasteiger charge is -2.32. The Bertz CT molecular complexity index is 456. The molecule has 0 amide bonds. The monoisotopic (exact) mass is 277 g/mol. The number of hydrogen-bond donors (Lipinski definition) is 0. The number of fused-ring (bicyclic) bond motifs is 2. The average Bonchev–Trinajstić information content (AvgIpc) is 2.39. The van der Waals surface area contributed by atoms with Gasteiger partial charge in [0.05, 0.1) is 10.7 Å². The van der Waals surface area contributed by atoms with Gasteiger partial charge in [-0.2, -0.15) is 0 Å². The smallest absolute Gasteiger partial charge is 0.0775 e. The molecule has 0 spiro atoms. The van der Waals surface area contributed by atoms with Crippen LogP contribution in [0.2, 0.25) is 0 Å². The maximum absolute atomic E-state index is 4.87. The fraction of sp³-hybridized carbons (Fsp3) is 0.533. The standard InChI is InChI=1S/C15H19NS2/c1-17-15-10-11-6-2-4-8-13(11)18-14-9-5-3-7-12(14)16-15/h3,5,7,9,11,13H,2,4,6,8,10H2,1H3. The molecule has 3 heteroatoms. The number of aliphatic imine (C=N–C) groups is 1. The third kappa shape index (κ3) is 2.62. The Labute approximate surface area is 118 Å². The summed E-state index contributed by atoms with van der Waals surface area (Å²) in [6.45, 7) is 0. The zero-order chi connectivity index (χ0) is 12.4. The minimum atomic E-state index is 0.803. The van der Waals surface area contributed by atoms with Crippen LogP contribution >= 0.6 is 23.5 Å². The Hall–Kier alpha value is -0.410. The van der Waals surface area contributed by atoms with Crippen molar-refractivity contribution >= 4 is 34.3 Å². The van der Waals surface area contributed by atoms with Crippen molar-refractivity contribution in [3.8, 4) is 0 Å². The van der Waals surface area contributed by atoms with E-state index in [1.54, 1.807) is 0 Å². The summed E-state index contributed by atoms with van der Waals surface area (Å²) in [6.07, 6.45) is 8.93. The van der Waals surface area contributed by atoms with Gasteiger partial charge >= 0.3 is 0 Å². The van der Waals surface area contributed by atoms with Gasteiger partial charge in [0.15, 0.2) is 0 Å². The second-order valence-corrected chi connectivity index (χ2v) is 7.24. The lowest BCUT2D eigenvalue weighted by molar-refractivity contribution is 0.381. The second kappa shape index (κ2) is 5.70. The molecule has 1 aromatic rings. The molecule has 0 radical (unpaired) electrons. The van der Waals surface area contributed by atoms with Gasteiger partial charge in [0.2, 0.25) is 0 Å². The Morgan fingerprint density at radius 1 is 1.22 bits per heavy atom. The summed E-state index contributed by atoms with van der Waals surface area (Å²) < 4.78 is 0. The fourth-order valence-electron chi connectivity index (χ4n) is 2.91. The SMILES string of the molecule is CSC1=Nc2ccccc2SC2CCCCC2C1. The van der Waals surface area contributed by atoms with E-state index < -0.39 is 0 Å². The average molecular weight is 277 g/mol. The molecule has 2 aliphatic rings. The normalized spacial score (nSPS) is 27.5. The van der Waals surface area contributed by atoms with Crippen molar-refractivity contribution in [3.05, 3.63) is 24.3 Å². The predicted molar refractivity (Wildman–Crippen MR) is 83.3 cm³/mol. The number of para-hydroxylation sites is 1. The van der Waals surface area contributed by atoms with Crippen LogP contribution in [-0.4, -0.2) is 16.5 Å². The van der Waals surface area contributed by atoms with Crippen molar-refractivity contribution in [2.75, 3.05) is 6.26 Å². The van der Waals surface area contributed by atoms with Crippen molar-refractivity contribution in [1.29, 1.82) is 0 Å². The van der Waals surface area contributed by atoms with E-state index in [-0.39, 0.29) is 0 Å². The molecule has 0 aromatic heterocycles. The van der Waals surface area contributed by atoms with Gasteiger partial charge in [-0.1, -0.05) is 25.0 Å². The Morgan fingerprint density at radius 2 is 2.06 bits per heavy atom. The number of hydrogen-bond acceptors (Lipinski definition) is 3. The first-order valence-corrected chi connectivity index (χ1v) is 8.84. The van der Waals surface area contributed by atoms with E-state index in [0.717, 1.165) is 11.2 Å². The van der Waals surface area contributed by atoms with Gasteiger partial charge in [0.25, 0.3) is 0 Å². The molecular weight excluding hydrogens is 258 g/mol. The van der Waals surface area contributed by atoms with Crippen molar-refractivity contribution in [1.82, 2.24) is 0 Å². The highest BCUT2D eigenvalue weighted by molar-refractivity contribution is 8.13. The van der Waals surface area contributed by atoms with Crippen molar-refractivity contribution in [2.24, 2.45) is 10.9 Å². The molecule has 1 heterocycles. The maximum atomic E-state index is 4.87. The number of thioether (sulfide) groups is 2. The molecule has 1 aliphatic carbocycles. The summed E-state index contributed by atoms with van der Waals surface area (Å²) in [5.41, 5.74) is 1.18. The first-order valence-electron chi connectivity index (χ1n) is 6.74. The van der Waals surface area contributed by atoms with E-state index in [2.05, 4.69) is 42.3 Å². The minimum Gasteiger partial charge on any atom is -0.245 e. The molecule has 96 valence electrons. The van der Waals surface area contributed by atoms with E-state index in [9.17, 15) is 0 Å². The zero-order valence-electron chi connectivity index (χ0n) is 10.8. The van der Waals surface area contributed by atoms with E-state index in [1.807, 2.05) is 11.8 Å². The van der Waals surface area contributed by atoms with Gasteiger partial charge in [-0.15, -0.1) is 23.5 Å². The molecule has 2 unspecified atom stereocenters. The molecule has 2 atom stereocenters. The molecule has 3 rings (SSSR count). The Balaban J connectivity index is 1.97. The van der Waals surface area contributed by atoms with Crippen LogP contribution in [0.15, 0.2) is 34.2 Å². The Morgan fingerprint density at radius 3 is 2.94 bits per heavy atom. The first kappa shape index (κ1) is 12.6. The molecule has 1 aromatic carbocycles. The highest BCUT2D eigenvalue weighted by atomic mass is 32.2. The third-order valence-corrected chi connectivity index (χ3v) is 6.15. The van der Waals surface area contributed by atoms with Gasteiger partial charge in [0.1, 0.15) is 0 Å². The second-order valence-electron chi connectivity index (χ2n) is 5.08. The van der Waals surface area contributed by atoms with Crippen LogP contribution in [0.3, 0.4) is 0 Å². The summed E-state index contributed by atoms with van der Waals surface area (Å²) in [5.74, 6) is 0.836. The largest absolute Gasteiger partial charge is 0.245 e. The molecule has 1 nitrogen and oxygen atoms in total. The first-order chi connectivity index (χ1) is 8.86. The molecule has 1 aliphatic heterocycles. The van der Waals surface area contributed by atoms with Gasteiger partial charge in [0, 0.05) is 10.1 Å². The number of benzene rings is 1. The van der Waals surface area contributed by atoms with Crippen molar-refractivity contribution in [2.45, 2.75) is 42.2 Å². The summed E-state index contributed by atoms with van der Waals surface area (Å²) in [7, 11) is 0. The van der Waals surface area contributed by atoms with Gasteiger partial charge < -0.3 is 0 Å². The van der Waals surface area contributed by atoms with Crippen LogP contribution in [0.1, 0.15) is 32.1 Å². The molecule has 1 fully saturated rings. The van der Waals surface area contributed by atoms with Gasteiger partial charge in [-0.25, -0.2) is 4.99 Å². The molecule has 0 N–H and O–H groups in total. The van der Waals surface area contributed by atoms with E-state index in [1.165, 1.54) is 47.7 Å². The summed E-state index contributed by atoms with van der Waals surface area (Å²) in [5, 5.41) is 2.12. The van der Waals surface area contributed by atoms with Crippen LogP contribution in [-0.2, 0) is 0 Å². The maximum Gasteiger partial charge on any atom is 0.0775 e. The number of nitrogens with zero attached hydrogens (tertiary/aromatic N) is 1. The highest BCUT2D eigenvalue weighted by Gasteiger charge is 2.29. The molecular formula is C15H19NS2. The summed E-state index contributed by atoms with van der Waals surface area (Å²) >= 11 is 3.90. The van der Waals surface area contributed by atoms with Gasteiger partial charge in [-0.05, 0) is 43.6 Å². The van der Waals surface area contributed by atoms with Crippen LogP contribution in [0.5, 0.6) is 0 Å². The van der Waals surface area contributed by atoms with Crippen LogP contribution < -0.4 is 0 Å². The minimum absolute atomic E-state index is 0.803. The molecule has 1 saturated carbocycles. The van der Waals surface area contributed by atoms with Crippen LogP contribution in [0, 0.1) is 5.92 Å². The third-order valence-electron chi connectivity index (χ3n) is 3.90. The van der Waals surface area contributed by atoms with Crippen molar-refractivity contribution in [3.63, 3.8) is 0 Å². The molecule has 18 heavy (non-hydrogen) atoms. The van der Waals surface area contributed by atoms with E-state index in [0.29, 0.717) is 0 Å². The van der Waals surface area contributed by atoms with Crippen LogP contribution in [0.25, 0.3) is 0 Å². The highest BCUT2D eigenvalue weighted by Crippen LogP contribution is 2.44. The lowest BCUT2D eigenvalue weighted by Crippen LogP contribution is -2.24. The van der Waals surface area contributed by atoms with E-state index >= 15 is 0 Å². The lowest BCUT2D eigenvalue weighted by atomic mass is 9.86. The van der Waals surface area contributed by atoms with Crippen molar-refractivity contribution < 1.29 is 0 Å². The Kier molecular flexibility index (Phi) is 4.00. The predicted octanol–water partition coefficient (Wildman–Crippen LogP) is 5.13. The molecule has 0 bridgehead atoms. The summed E-state index contributed by atoms with van der Waals surface area (Å²) in [6, 6.07) is 8.63. The van der Waals surface area contributed by atoms with E-state index in [4.69, 9.17) is 4.99 Å². The van der Waals surface area contributed by atoms with Gasteiger partial charge in [-0.3, -0.25) is 0 Å². The summed E-state index contributed by atoms with van der Waals surface area (Å²) in [4.78, 5) is 6.24. The topological polar surface area (TPSA) is 12.4 Å². The fourth-order valence-corrected chi connectivity index (χ4v) is 4.91. The quantitative estimate of drug-likeness (QED) is 0.651. The number of rotatable bonds is 0.